The van der Waals surface area contributed by atoms with Gasteiger partial charge in [-0.3, -0.25) is 4.79 Å². The summed E-state index contributed by atoms with van der Waals surface area (Å²) in [6.45, 7) is 1.72. The van der Waals surface area contributed by atoms with Crippen LogP contribution in [0.15, 0.2) is 12.3 Å². The van der Waals surface area contributed by atoms with E-state index < -0.39 is 0 Å². The van der Waals surface area contributed by atoms with E-state index in [1.807, 2.05) is 0 Å². The fourth-order valence-electron chi connectivity index (χ4n) is 1.71. The molecule has 1 fully saturated rings. The smallest absolute Gasteiger partial charge is 0.229 e. The Morgan fingerprint density at radius 3 is 3.19 bits per heavy atom. The van der Waals surface area contributed by atoms with Crippen molar-refractivity contribution < 1.29 is 4.79 Å². The minimum absolute atomic E-state index is 0.0121. The second-order valence-corrected chi connectivity index (χ2v) is 4.08. The number of piperidine rings is 1. The zero-order valence-electron chi connectivity index (χ0n) is 8.74. The third-order valence-electron chi connectivity index (χ3n) is 2.55. The summed E-state index contributed by atoms with van der Waals surface area (Å²) in [5, 5.41) is 6.07. The molecule has 16 heavy (non-hydrogen) atoms. The highest BCUT2D eigenvalue weighted by molar-refractivity contribution is 6.28. The number of carbonyl (C=O) groups is 1. The molecular formula is C10H13ClN4O. The van der Waals surface area contributed by atoms with Crippen LogP contribution < -0.4 is 10.6 Å². The van der Waals surface area contributed by atoms with Crippen LogP contribution in [0.4, 0.5) is 5.82 Å². The molecule has 1 amide bonds. The number of nitrogens with zero attached hydrogens (tertiary/aromatic N) is 2. The van der Waals surface area contributed by atoms with Crippen LogP contribution in [-0.4, -0.2) is 29.0 Å². The van der Waals surface area contributed by atoms with E-state index in [1.165, 1.54) is 6.20 Å². The predicted molar refractivity (Wildman–Crippen MR) is 61.3 cm³/mol. The van der Waals surface area contributed by atoms with E-state index in [0.717, 1.165) is 25.9 Å². The van der Waals surface area contributed by atoms with Gasteiger partial charge in [0.1, 0.15) is 5.82 Å². The Labute approximate surface area is 98.6 Å². The van der Waals surface area contributed by atoms with E-state index in [9.17, 15) is 4.79 Å². The molecule has 1 atom stereocenters. The normalized spacial score (nSPS) is 20.4. The van der Waals surface area contributed by atoms with Crippen molar-refractivity contribution in [3.63, 3.8) is 0 Å². The lowest BCUT2D eigenvalue weighted by atomic mass is 9.99. The van der Waals surface area contributed by atoms with E-state index in [1.54, 1.807) is 6.07 Å². The van der Waals surface area contributed by atoms with Crippen molar-refractivity contribution >= 4 is 23.3 Å². The van der Waals surface area contributed by atoms with Gasteiger partial charge in [-0.1, -0.05) is 0 Å². The monoisotopic (exact) mass is 240 g/mol. The number of carbonyl (C=O) groups excluding carboxylic acids is 1. The molecule has 0 saturated carbocycles. The molecule has 1 saturated heterocycles. The topological polar surface area (TPSA) is 66.9 Å². The van der Waals surface area contributed by atoms with E-state index in [0.29, 0.717) is 5.82 Å². The van der Waals surface area contributed by atoms with Crippen LogP contribution in [0.2, 0.25) is 5.28 Å². The summed E-state index contributed by atoms with van der Waals surface area (Å²) in [5.74, 6) is 0.458. The van der Waals surface area contributed by atoms with Crippen molar-refractivity contribution in [1.82, 2.24) is 15.3 Å². The van der Waals surface area contributed by atoms with Gasteiger partial charge >= 0.3 is 0 Å². The highest BCUT2D eigenvalue weighted by Crippen LogP contribution is 2.13. The first-order chi connectivity index (χ1) is 7.75. The van der Waals surface area contributed by atoms with Crippen LogP contribution in [-0.2, 0) is 4.79 Å². The lowest BCUT2D eigenvalue weighted by Crippen LogP contribution is -2.37. The summed E-state index contributed by atoms with van der Waals surface area (Å²) in [6.07, 6.45) is 3.46. The fourth-order valence-corrected chi connectivity index (χ4v) is 1.86. The number of hydrogen-bond acceptors (Lipinski definition) is 4. The number of amides is 1. The molecule has 0 aromatic carbocycles. The first-order valence-corrected chi connectivity index (χ1v) is 5.63. The molecule has 2 rings (SSSR count). The summed E-state index contributed by atoms with van der Waals surface area (Å²) in [4.78, 5) is 19.5. The Morgan fingerprint density at radius 1 is 1.62 bits per heavy atom. The van der Waals surface area contributed by atoms with Crippen molar-refractivity contribution in [1.29, 1.82) is 0 Å². The molecule has 1 aromatic heterocycles. The average molecular weight is 241 g/mol. The number of anilines is 1. The standard InChI is InChI=1S/C10H13ClN4O/c11-10-13-5-3-8(15-10)14-9(16)7-2-1-4-12-6-7/h3,5,7,12H,1-2,4,6H2,(H,13,14,15,16). The van der Waals surface area contributed by atoms with Gasteiger partial charge in [0.05, 0.1) is 5.92 Å². The van der Waals surface area contributed by atoms with Gasteiger partial charge in [-0.2, -0.15) is 0 Å². The van der Waals surface area contributed by atoms with Crippen LogP contribution in [0.3, 0.4) is 0 Å². The van der Waals surface area contributed by atoms with Crippen molar-refractivity contribution in [2.24, 2.45) is 5.92 Å². The minimum atomic E-state index is -0.0121. The van der Waals surface area contributed by atoms with Gasteiger partial charge in [-0.05, 0) is 37.1 Å². The Hall–Kier alpha value is -1.20. The quantitative estimate of drug-likeness (QED) is 0.759. The molecule has 2 N–H and O–H groups in total. The van der Waals surface area contributed by atoms with Gasteiger partial charge in [0.25, 0.3) is 0 Å². The molecule has 1 aliphatic rings. The average Bonchev–Trinajstić information content (AvgIpc) is 2.30. The molecule has 0 radical (unpaired) electrons. The lowest BCUT2D eigenvalue weighted by Gasteiger charge is -2.21. The van der Waals surface area contributed by atoms with Gasteiger partial charge in [0.2, 0.25) is 11.2 Å². The molecular weight excluding hydrogens is 228 g/mol. The second kappa shape index (κ2) is 5.23. The summed E-state index contributed by atoms with van der Waals surface area (Å²) < 4.78 is 0. The fraction of sp³-hybridized carbons (Fsp3) is 0.500. The van der Waals surface area contributed by atoms with Gasteiger partial charge in [0, 0.05) is 12.7 Å². The summed E-state index contributed by atoms with van der Waals surface area (Å²) in [7, 11) is 0. The first kappa shape index (κ1) is 11.3. The third-order valence-corrected chi connectivity index (χ3v) is 2.73. The van der Waals surface area contributed by atoms with E-state index in [4.69, 9.17) is 11.6 Å². The van der Waals surface area contributed by atoms with Crippen molar-refractivity contribution in [3.05, 3.63) is 17.5 Å². The summed E-state index contributed by atoms with van der Waals surface area (Å²) in [5.41, 5.74) is 0. The summed E-state index contributed by atoms with van der Waals surface area (Å²) >= 11 is 5.63. The molecule has 1 aromatic rings. The summed E-state index contributed by atoms with van der Waals surface area (Å²) in [6, 6.07) is 1.63. The van der Waals surface area contributed by atoms with E-state index >= 15 is 0 Å². The maximum absolute atomic E-state index is 11.8. The molecule has 0 bridgehead atoms. The molecule has 86 valence electrons. The maximum Gasteiger partial charge on any atom is 0.229 e. The molecule has 0 spiro atoms. The number of nitrogens with one attached hydrogen (secondary N) is 2. The largest absolute Gasteiger partial charge is 0.316 e. The molecule has 1 unspecified atom stereocenters. The van der Waals surface area contributed by atoms with Crippen molar-refractivity contribution in [3.8, 4) is 0 Å². The second-order valence-electron chi connectivity index (χ2n) is 3.74. The number of aromatic nitrogens is 2. The lowest BCUT2D eigenvalue weighted by molar-refractivity contribution is -0.120. The Kier molecular flexibility index (Phi) is 3.69. The van der Waals surface area contributed by atoms with Crippen molar-refractivity contribution in [2.45, 2.75) is 12.8 Å². The Balaban J connectivity index is 1.96. The van der Waals surface area contributed by atoms with Crippen LogP contribution in [0, 0.1) is 5.92 Å². The Bertz CT molecular complexity index is 379. The SMILES string of the molecule is O=C(Nc1ccnc(Cl)n1)C1CCCNC1. The molecule has 0 aliphatic carbocycles. The molecule has 5 nitrogen and oxygen atoms in total. The van der Waals surface area contributed by atoms with Crippen LogP contribution >= 0.6 is 11.6 Å². The van der Waals surface area contributed by atoms with Crippen molar-refractivity contribution in [2.75, 3.05) is 18.4 Å². The van der Waals surface area contributed by atoms with E-state index in [2.05, 4.69) is 20.6 Å². The highest BCUT2D eigenvalue weighted by Gasteiger charge is 2.21. The van der Waals surface area contributed by atoms with Gasteiger partial charge in [-0.15, -0.1) is 0 Å². The number of rotatable bonds is 2. The molecule has 1 aliphatic heterocycles. The van der Waals surface area contributed by atoms with Crippen LogP contribution in [0.1, 0.15) is 12.8 Å². The van der Waals surface area contributed by atoms with Gasteiger partial charge in [-0.25, -0.2) is 9.97 Å². The van der Waals surface area contributed by atoms with Gasteiger partial charge < -0.3 is 10.6 Å². The van der Waals surface area contributed by atoms with E-state index in [-0.39, 0.29) is 17.1 Å². The Morgan fingerprint density at radius 2 is 2.50 bits per heavy atom. The first-order valence-electron chi connectivity index (χ1n) is 5.26. The zero-order chi connectivity index (χ0) is 11.4. The van der Waals surface area contributed by atoms with Gasteiger partial charge in [0.15, 0.2) is 0 Å². The van der Waals surface area contributed by atoms with Crippen LogP contribution in [0.25, 0.3) is 0 Å². The minimum Gasteiger partial charge on any atom is -0.316 e. The highest BCUT2D eigenvalue weighted by atomic mass is 35.5. The maximum atomic E-state index is 11.8. The molecule has 6 heteroatoms. The zero-order valence-corrected chi connectivity index (χ0v) is 9.50. The number of hydrogen-bond donors (Lipinski definition) is 2. The predicted octanol–water partition coefficient (Wildman–Crippen LogP) is 1.07. The van der Waals surface area contributed by atoms with Crippen LogP contribution in [0.5, 0.6) is 0 Å². The number of halogens is 1. The third kappa shape index (κ3) is 2.90. The molecule has 2 heterocycles.